The van der Waals surface area contributed by atoms with E-state index in [-0.39, 0.29) is 10.8 Å². The van der Waals surface area contributed by atoms with E-state index in [1.807, 2.05) is 0 Å². The Hall–Kier alpha value is -1.28. The Labute approximate surface area is 238 Å². The van der Waals surface area contributed by atoms with Crippen molar-refractivity contribution >= 4 is 17.3 Å². The van der Waals surface area contributed by atoms with Crippen LogP contribution >= 0.6 is 11.6 Å². The second-order valence-electron chi connectivity index (χ2n) is 14.8. The van der Waals surface area contributed by atoms with Gasteiger partial charge >= 0.3 is 0 Å². The molecule has 0 aromatic heterocycles. The van der Waals surface area contributed by atoms with Crippen molar-refractivity contribution in [2.45, 2.75) is 117 Å². The van der Waals surface area contributed by atoms with Crippen LogP contribution in [0.15, 0.2) is 46.2 Å². The molecule has 0 spiro atoms. The smallest absolute Gasteiger partial charge is 0.182 e. The number of rotatable bonds is 3. The second kappa shape index (κ2) is 9.97. The summed E-state index contributed by atoms with van der Waals surface area (Å²) in [6.07, 6.45) is 25.9. The van der Waals surface area contributed by atoms with Crippen molar-refractivity contribution in [1.29, 1.82) is 0 Å². The minimum absolute atomic E-state index is 0.239. The lowest BCUT2D eigenvalue weighted by atomic mass is 9.60. The summed E-state index contributed by atoms with van der Waals surface area (Å²) < 4.78 is 2.70. The van der Waals surface area contributed by atoms with Crippen molar-refractivity contribution in [2.75, 3.05) is 14.1 Å². The molecular formula is C35H52ClN2+. The van der Waals surface area contributed by atoms with Crippen LogP contribution in [-0.4, -0.2) is 41.4 Å². The van der Waals surface area contributed by atoms with Gasteiger partial charge < -0.3 is 4.90 Å². The molecule has 1 saturated heterocycles. The third-order valence-corrected chi connectivity index (χ3v) is 12.9. The number of allylic oxidation sites excluding steroid dienone is 8. The van der Waals surface area contributed by atoms with Crippen molar-refractivity contribution in [3.8, 4) is 0 Å². The van der Waals surface area contributed by atoms with E-state index >= 15 is 0 Å². The van der Waals surface area contributed by atoms with E-state index in [1.165, 1.54) is 86.8 Å². The lowest BCUT2D eigenvalue weighted by Crippen LogP contribution is -2.45. The molecule has 2 heterocycles. The van der Waals surface area contributed by atoms with Gasteiger partial charge in [-0.05, 0) is 94.3 Å². The molecule has 3 heteroatoms. The second-order valence-corrected chi connectivity index (χ2v) is 15.2. The molecule has 3 saturated carbocycles. The first-order valence-electron chi connectivity index (χ1n) is 15.9. The molecule has 6 rings (SSSR count). The minimum Gasteiger partial charge on any atom is -0.374 e. The van der Waals surface area contributed by atoms with Crippen molar-refractivity contribution in [1.82, 2.24) is 4.90 Å². The molecular weight excluding hydrogens is 484 g/mol. The lowest BCUT2D eigenvalue weighted by molar-refractivity contribution is -0.551. The summed E-state index contributed by atoms with van der Waals surface area (Å²) in [5, 5.41) is 0.998. The largest absolute Gasteiger partial charge is 0.374 e. The van der Waals surface area contributed by atoms with E-state index in [4.69, 9.17) is 11.6 Å². The van der Waals surface area contributed by atoms with E-state index in [0.717, 1.165) is 47.6 Å². The fraction of sp³-hybridized carbons (Fsp3) is 0.743. The van der Waals surface area contributed by atoms with Crippen LogP contribution in [0.3, 0.4) is 0 Å². The first-order chi connectivity index (χ1) is 18.1. The van der Waals surface area contributed by atoms with E-state index in [0.29, 0.717) is 6.04 Å². The number of hydrogen-bond acceptors (Lipinski definition) is 1. The van der Waals surface area contributed by atoms with Crippen molar-refractivity contribution in [3.05, 3.63) is 46.2 Å². The fourth-order valence-electron chi connectivity index (χ4n) is 10.3. The number of likely N-dealkylation sites (tertiary alicyclic amines) is 1. The highest BCUT2D eigenvalue weighted by molar-refractivity contribution is 6.33. The topological polar surface area (TPSA) is 6.25 Å². The van der Waals surface area contributed by atoms with Crippen LogP contribution in [0.2, 0.25) is 0 Å². The summed E-state index contributed by atoms with van der Waals surface area (Å²) in [6, 6.07) is 1.45. The first kappa shape index (κ1) is 26.9. The summed E-state index contributed by atoms with van der Waals surface area (Å²) in [5.74, 6) is 3.44. The van der Waals surface area contributed by atoms with E-state index in [9.17, 15) is 0 Å². The number of halogens is 1. The summed E-state index contributed by atoms with van der Waals surface area (Å²) in [4.78, 5) is 2.60. The molecule has 0 radical (unpaired) electrons. The van der Waals surface area contributed by atoms with Gasteiger partial charge in [0.05, 0.1) is 5.41 Å². The Morgan fingerprint density at radius 2 is 1.55 bits per heavy atom. The average molecular weight is 536 g/mol. The van der Waals surface area contributed by atoms with E-state index < -0.39 is 0 Å². The molecule has 4 fully saturated rings. The number of nitrogens with zero attached hydrogens (tertiary/aromatic N) is 2. The maximum absolute atomic E-state index is 7.06. The van der Waals surface area contributed by atoms with Gasteiger partial charge in [-0.15, -0.1) is 0 Å². The minimum atomic E-state index is 0.239. The van der Waals surface area contributed by atoms with E-state index in [1.54, 1.807) is 0 Å². The van der Waals surface area contributed by atoms with Crippen molar-refractivity contribution in [2.24, 2.45) is 34.5 Å². The third-order valence-electron chi connectivity index (χ3n) is 12.4. The maximum Gasteiger partial charge on any atom is 0.182 e. The van der Waals surface area contributed by atoms with Crippen LogP contribution in [0.1, 0.15) is 105 Å². The zero-order valence-corrected chi connectivity index (χ0v) is 25.8. The van der Waals surface area contributed by atoms with Gasteiger partial charge in [0.25, 0.3) is 0 Å². The molecule has 0 amide bonds. The molecule has 0 aromatic carbocycles. The molecule has 0 bridgehead atoms. The highest BCUT2D eigenvalue weighted by atomic mass is 35.5. The Morgan fingerprint density at radius 3 is 2.34 bits per heavy atom. The molecule has 6 aliphatic rings. The SMILES string of the molecule is CN1/C(=C/C=C2\CCC(/C=C/C3=[N+](C)C4C5CCCCC5CCC4C3(C)C)=C2Cl)C(C)(C)C2CCCCC21. The molecule has 6 atom stereocenters. The number of fused-ring (bicyclic) bond motifs is 4. The van der Waals surface area contributed by atoms with Gasteiger partial charge in [0.1, 0.15) is 7.05 Å². The molecule has 208 valence electrons. The lowest BCUT2D eigenvalue weighted by Gasteiger charge is -2.42. The third kappa shape index (κ3) is 4.22. The zero-order valence-electron chi connectivity index (χ0n) is 25.0. The van der Waals surface area contributed by atoms with Gasteiger partial charge in [0.15, 0.2) is 11.8 Å². The Morgan fingerprint density at radius 1 is 0.816 bits per heavy atom. The molecule has 4 aliphatic carbocycles. The Bertz CT molecular complexity index is 1110. The molecule has 38 heavy (non-hydrogen) atoms. The predicted molar refractivity (Wildman–Crippen MR) is 162 cm³/mol. The Kier molecular flexibility index (Phi) is 7.06. The molecule has 2 nitrogen and oxygen atoms in total. The van der Waals surface area contributed by atoms with Crippen LogP contribution in [0.25, 0.3) is 0 Å². The van der Waals surface area contributed by atoms with Crippen molar-refractivity contribution < 1.29 is 4.58 Å². The first-order valence-corrected chi connectivity index (χ1v) is 16.3. The highest BCUT2D eigenvalue weighted by Crippen LogP contribution is 2.54. The zero-order chi connectivity index (χ0) is 26.8. The number of hydrogen-bond donors (Lipinski definition) is 0. The standard InChI is InChI=1S/C35H52ClN2/c1-34(2)27-13-9-10-14-29(27)37(5)30(34)21-18-24-15-16-25(32(24)36)19-22-31-35(3,4)28-20-17-23-11-7-8-12-26(23)33(28)38(31)6/h18-19,21-23,26-29,33H,7-17,20H2,1-6H3/q+1. The summed E-state index contributed by atoms with van der Waals surface area (Å²) in [5.41, 5.74) is 6.17. The van der Waals surface area contributed by atoms with Gasteiger partial charge in [-0.1, -0.05) is 63.3 Å². The van der Waals surface area contributed by atoms with Gasteiger partial charge in [-0.2, -0.15) is 0 Å². The van der Waals surface area contributed by atoms with Crippen molar-refractivity contribution in [3.63, 3.8) is 0 Å². The summed E-state index contributed by atoms with van der Waals surface area (Å²) >= 11 is 7.06. The predicted octanol–water partition coefficient (Wildman–Crippen LogP) is 8.88. The van der Waals surface area contributed by atoms with Crippen LogP contribution < -0.4 is 0 Å². The van der Waals surface area contributed by atoms with Crippen LogP contribution in [0.5, 0.6) is 0 Å². The molecule has 0 N–H and O–H groups in total. The normalized spacial score (nSPS) is 40.4. The fourth-order valence-corrected chi connectivity index (χ4v) is 10.6. The Balaban J connectivity index is 1.24. The van der Waals surface area contributed by atoms with Crippen LogP contribution in [-0.2, 0) is 0 Å². The van der Waals surface area contributed by atoms with Gasteiger partial charge in [-0.25, -0.2) is 4.58 Å². The monoisotopic (exact) mass is 535 g/mol. The van der Waals surface area contributed by atoms with Gasteiger partial charge in [0.2, 0.25) is 0 Å². The average Bonchev–Trinajstić information content (AvgIpc) is 3.42. The van der Waals surface area contributed by atoms with Crippen LogP contribution in [0.4, 0.5) is 0 Å². The molecule has 0 aromatic rings. The maximum atomic E-state index is 7.06. The van der Waals surface area contributed by atoms with Crippen LogP contribution in [0, 0.1) is 34.5 Å². The summed E-state index contributed by atoms with van der Waals surface area (Å²) in [6.45, 7) is 9.95. The quantitative estimate of drug-likeness (QED) is 0.327. The molecule has 6 unspecified atom stereocenters. The van der Waals surface area contributed by atoms with Gasteiger partial charge in [-0.3, -0.25) is 0 Å². The molecule has 2 aliphatic heterocycles. The summed E-state index contributed by atoms with van der Waals surface area (Å²) in [7, 11) is 4.72. The van der Waals surface area contributed by atoms with Gasteiger partial charge in [0, 0.05) is 47.1 Å². The highest BCUT2D eigenvalue weighted by Gasteiger charge is 2.58. The van der Waals surface area contributed by atoms with E-state index in [2.05, 4.69) is 75.6 Å².